The Kier molecular flexibility index (Phi) is 10.3. The van der Waals surface area contributed by atoms with Crippen molar-refractivity contribution >= 4 is 29.9 Å². The first-order chi connectivity index (χ1) is 8.63. The molecule has 112 valence electrons. The van der Waals surface area contributed by atoms with Crippen LogP contribution in [-0.4, -0.2) is 56.8 Å². The first-order valence-electron chi connectivity index (χ1n) is 6.54. The summed E-state index contributed by atoms with van der Waals surface area (Å²) in [5.41, 5.74) is 6.82. The molecule has 19 heavy (non-hydrogen) atoms. The average Bonchev–Trinajstić information content (AvgIpc) is 2.78. The van der Waals surface area contributed by atoms with Crippen molar-refractivity contribution in [2.24, 2.45) is 10.7 Å². The van der Waals surface area contributed by atoms with Gasteiger partial charge in [0.05, 0.1) is 13.2 Å². The number of ether oxygens (including phenoxy) is 1. The molecule has 0 radical (unpaired) electrons. The zero-order chi connectivity index (χ0) is 13.4. The number of aliphatic imine (C=N–C) groups is 1. The number of nitrogens with zero attached hydrogens (tertiary/aromatic N) is 2. The lowest BCUT2D eigenvalue weighted by atomic mass is 10.2. The molecule has 6 heteroatoms. The second-order valence-electron chi connectivity index (χ2n) is 4.86. The quantitative estimate of drug-likeness (QED) is 0.301. The van der Waals surface area contributed by atoms with Crippen LogP contribution in [0, 0.1) is 0 Å². The average molecular weight is 382 g/mol. The van der Waals surface area contributed by atoms with Crippen molar-refractivity contribution in [3.63, 3.8) is 0 Å². The number of methoxy groups -OCH3 is 1. The predicted molar refractivity (Wildman–Crippen MR) is 91.2 cm³/mol. The monoisotopic (exact) mass is 382 g/mol. The van der Waals surface area contributed by atoms with E-state index in [1.54, 1.807) is 7.11 Å². The molecule has 1 fully saturated rings. The van der Waals surface area contributed by atoms with E-state index in [-0.39, 0.29) is 24.0 Å². The van der Waals surface area contributed by atoms with Crippen LogP contribution >= 0.6 is 24.0 Å². The van der Waals surface area contributed by atoms with E-state index in [2.05, 4.69) is 21.8 Å². The number of likely N-dealkylation sites (tertiary alicyclic amines) is 1. The molecule has 0 saturated carbocycles. The summed E-state index contributed by atoms with van der Waals surface area (Å²) in [4.78, 5) is 6.66. The van der Waals surface area contributed by atoms with E-state index in [0.717, 1.165) is 31.8 Å². The van der Waals surface area contributed by atoms with Crippen molar-refractivity contribution in [2.75, 3.05) is 39.9 Å². The fraction of sp³-hybridized carbons (Fsp3) is 0.769. The van der Waals surface area contributed by atoms with Crippen LogP contribution in [-0.2, 0) is 4.74 Å². The van der Waals surface area contributed by atoms with Crippen LogP contribution < -0.4 is 11.1 Å². The zero-order valence-electron chi connectivity index (χ0n) is 12.0. The smallest absolute Gasteiger partial charge is 0.188 e. The van der Waals surface area contributed by atoms with Crippen molar-refractivity contribution in [3.05, 3.63) is 12.2 Å². The number of nitrogens with one attached hydrogen (secondary N) is 1. The number of guanidine groups is 1. The second kappa shape index (κ2) is 10.4. The van der Waals surface area contributed by atoms with Crippen molar-refractivity contribution in [1.82, 2.24) is 10.2 Å². The standard InChI is InChI=1S/C13H26N4O.HI/c1-11(2)9-15-13(14)16-10-12-5-4-6-17(12)7-8-18-3;/h12H,1,4-10H2,2-3H3,(H3,14,15,16);1H. The molecule has 1 rings (SSSR count). The molecule has 0 amide bonds. The summed E-state index contributed by atoms with van der Waals surface area (Å²) < 4.78 is 5.12. The maximum absolute atomic E-state index is 5.80. The largest absolute Gasteiger partial charge is 0.383 e. The van der Waals surface area contributed by atoms with E-state index in [4.69, 9.17) is 10.5 Å². The van der Waals surface area contributed by atoms with Gasteiger partial charge in [0.2, 0.25) is 0 Å². The minimum atomic E-state index is 0. The first kappa shape index (κ1) is 18.7. The van der Waals surface area contributed by atoms with Crippen LogP contribution in [0.15, 0.2) is 17.1 Å². The molecule has 3 N–H and O–H groups in total. The Morgan fingerprint density at radius 3 is 2.95 bits per heavy atom. The van der Waals surface area contributed by atoms with E-state index in [9.17, 15) is 0 Å². The van der Waals surface area contributed by atoms with Gasteiger partial charge < -0.3 is 15.8 Å². The molecule has 0 aliphatic carbocycles. The highest BCUT2D eigenvalue weighted by Gasteiger charge is 2.23. The van der Waals surface area contributed by atoms with Crippen LogP contribution in [0.5, 0.6) is 0 Å². The van der Waals surface area contributed by atoms with Gasteiger partial charge >= 0.3 is 0 Å². The zero-order valence-corrected chi connectivity index (χ0v) is 14.4. The Morgan fingerprint density at radius 1 is 1.58 bits per heavy atom. The van der Waals surface area contributed by atoms with Gasteiger partial charge in [0.15, 0.2) is 5.96 Å². The molecular weight excluding hydrogens is 355 g/mol. The van der Waals surface area contributed by atoms with Gasteiger partial charge in [0.25, 0.3) is 0 Å². The summed E-state index contributed by atoms with van der Waals surface area (Å²) in [5, 5.41) is 3.19. The maximum Gasteiger partial charge on any atom is 0.188 e. The van der Waals surface area contributed by atoms with Gasteiger partial charge in [-0.15, -0.1) is 24.0 Å². The highest BCUT2D eigenvalue weighted by Crippen LogP contribution is 2.15. The van der Waals surface area contributed by atoms with Crippen LogP contribution in [0.1, 0.15) is 19.8 Å². The number of hydrogen-bond donors (Lipinski definition) is 2. The third-order valence-electron chi connectivity index (χ3n) is 3.12. The third-order valence-corrected chi connectivity index (χ3v) is 3.12. The summed E-state index contributed by atoms with van der Waals surface area (Å²) in [6, 6.07) is 0.540. The summed E-state index contributed by atoms with van der Waals surface area (Å²) in [5.74, 6) is 0.511. The van der Waals surface area contributed by atoms with Gasteiger partial charge in [-0.1, -0.05) is 12.2 Å². The van der Waals surface area contributed by atoms with Gasteiger partial charge in [-0.05, 0) is 26.3 Å². The van der Waals surface area contributed by atoms with Gasteiger partial charge in [0, 0.05) is 26.2 Å². The van der Waals surface area contributed by atoms with Crippen molar-refractivity contribution in [1.29, 1.82) is 0 Å². The molecule has 5 nitrogen and oxygen atoms in total. The summed E-state index contributed by atoms with van der Waals surface area (Å²) >= 11 is 0. The fourth-order valence-corrected chi connectivity index (χ4v) is 2.13. The minimum Gasteiger partial charge on any atom is -0.383 e. The Hall–Kier alpha value is -0.340. The molecule has 1 saturated heterocycles. The van der Waals surface area contributed by atoms with Crippen LogP contribution in [0.4, 0.5) is 0 Å². The summed E-state index contributed by atoms with van der Waals surface area (Å²) in [6.07, 6.45) is 2.46. The Morgan fingerprint density at radius 2 is 2.32 bits per heavy atom. The van der Waals surface area contributed by atoms with Gasteiger partial charge in [-0.25, -0.2) is 4.99 Å². The van der Waals surface area contributed by atoms with Crippen LogP contribution in [0.3, 0.4) is 0 Å². The topological polar surface area (TPSA) is 62.9 Å². The molecule has 0 bridgehead atoms. The lowest BCUT2D eigenvalue weighted by Gasteiger charge is -2.24. The molecule has 1 aliphatic rings. The van der Waals surface area contributed by atoms with E-state index in [0.29, 0.717) is 18.5 Å². The minimum absolute atomic E-state index is 0. The number of halogens is 1. The van der Waals surface area contributed by atoms with E-state index in [1.165, 1.54) is 12.8 Å². The maximum atomic E-state index is 5.80. The number of hydrogen-bond acceptors (Lipinski definition) is 3. The molecule has 0 aromatic rings. The Bertz CT molecular complexity index is 296. The predicted octanol–water partition coefficient (Wildman–Crippen LogP) is 1.20. The third kappa shape index (κ3) is 7.74. The molecular formula is C13H27IN4O. The van der Waals surface area contributed by atoms with Crippen molar-refractivity contribution in [2.45, 2.75) is 25.8 Å². The highest BCUT2D eigenvalue weighted by molar-refractivity contribution is 14.0. The lowest BCUT2D eigenvalue weighted by Crippen LogP contribution is -2.43. The van der Waals surface area contributed by atoms with Gasteiger partial charge in [-0.3, -0.25) is 4.90 Å². The molecule has 1 atom stereocenters. The number of rotatable bonds is 7. The highest BCUT2D eigenvalue weighted by atomic mass is 127. The van der Waals surface area contributed by atoms with Crippen LogP contribution in [0.25, 0.3) is 0 Å². The SMILES string of the molecule is C=C(C)CN=C(N)NCC1CCCN1CCOC.I. The number of nitrogens with two attached hydrogens (primary N) is 1. The Labute approximate surface area is 133 Å². The summed E-state index contributed by atoms with van der Waals surface area (Å²) in [7, 11) is 1.74. The van der Waals surface area contributed by atoms with Gasteiger partial charge in [-0.2, -0.15) is 0 Å². The fourth-order valence-electron chi connectivity index (χ4n) is 2.13. The molecule has 1 heterocycles. The van der Waals surface area contributed by atoms with Crippen LogP contribution in [0.2, 0.25) is 0 Å². The summed E-state index contributed by atoms with van der Waals surface area (Å²) in [6.45, 7) is 10.1. The van der Waals surface area contributed by atoms with E-state index in [1.807, 2.05) is 6.92 Å². The Balaban J connectivity index is 0.00000324. The van der Waals surface area contributed by atoms with Crippen molar-refractivity contribution in [3.8, 4) is 0 Å². The lowest BCUT2D eigenvalue weighted by molar-refractivity contribution is 0.141. The van der Waals surface area contributed by atoms with E-state index < -0.39 is 0 Å². The van der Waals surface area contributed by atoms with E-state index >= 15 is 0 Å². The molecule has 0 aromatic heterocycles. The molecule has 0 spiro atoms. The van der Waals surface area contributed by atoms with Crippen molar-refractivity contribution < 1.29 is 4.74 Å². The molecule has 1 aliphatic heterocycles. The molecule has 1 unspecified atom stereocenters. The normalized spacial score (nSPS) is 20.1. The first-order valence-corrected chi connectivity index (χ1v) is 6.54. The van der Waals surface area contributed by atoms with Gasteiger partial charge in [0.1, 0.15) is 0 Å². The second-order valence-corrected chi connectivity index (χ2v) is 4.86. The molecule has 0 aromatic carbocycles.